The number of hydrogen-bond acceptors (Lipinski definition) is 3. The third kappa shape index (κ3) is 4.32. The molecule has 0 amide bonds. The van der Waals surface area contributed by atoms with Crippen LogP contribution in [0.1, 0.15) is 19.3 Å². The summed E-state index contributed by atoms with van der Waals surface area (Å²) in [7, 11) is 0. The molecule has 0 atom stereocenters. The molecule has 82 valence electrons. The largest absolute Gasteiger partial charge is 0.425 e. The summed E-state index contributed by atoms with van der Waals surface area (Å²) in [5, 5.41) is 8.96. The molecular weight excluding hydrogens is 216 g/mol. The van der Waals surface area contributed by atoms with Crippen LogP contribution in [-0.4, -0.2) is 17.7 Å². The lowest BCUT2D eigenvalue weighted by Crippen LogP contribution is -2.08. The highest BCUT2D eigenvalue weighted by Gasteiger charge is 2.06. The number of carbonyl (C=O) groups is 1. The van der Waals surface area contributed by atoms with Crippen LogP contribution in [0, 0.1) is 0 Å². The van der Waals surface area contributed by atoms with Gasteiger partial charge in [0.1, 0.15) is 5.75 Å². The molecule has 1 aromatic rings. The Kier molecular flexibility index (Phi) is 5.15. The third-order valence-electron chi connectivity index (χ3n) is 1.85. The third-order valence-corrected chi connectivity index (χ3v) is 2.16. The molecule has 0 unspecified atom stereocenters. The van der Waals surface area contributed by atoms with Gasteiger partial charge in [0.15, 0.2) is 0 Å². The molecule has 0 aliphatic rings. The summed E-state index contributed by atoms with van der Waals surface area (Å²) in [6.45, 7) is 0.0966. The van der Waals surface area contributed by atoms with E-state index in [0.717, 1.165) is 0 Å². The van der Waals surface area contributed by atoms with E-state index in [-0.39, 0.29) is 12.6 Å². The summed E-state index contributed by atoms with van der Waals surface area (Å²) in [5.41, 5.74) is 0. The predicted octanol–water partition coefficient (Wildman–Crippen LogP) is 2.41. The minimum absolute atomic E-state index is 0.0966. The summed E-state index contributed by atoms with van der Waals surface area (Å²) < 4.78 is 5.04. The fourth-order valence-corrected chi connectivity index (χ4v) is 1.26. The van der Waals surface area contributed by atoms with Crippen LogP contribution in [0.25, 0.3) is 0 Å². The molecule has 15 heavy (non-hydrogen) atoms. The maximum Gasteiger partial charge on any atom is 0.311 e. The van der Waals surface area contributed by atoms with E-state index >= 15 is 0 Å². The molecule has 3 nitrogen and oxygen atoms in total. The van der Waals surface area contributed by atoms with E-state index in [4.69, 9.17) is 21.4 Å². The Morgan fingerprint density at radius 1 is 1.33 bits per heavy atom. The van der Waals surface area contributed by atoms with Crippen molar-refractivity contribution in [2.45, 2.75) is 19.3 Å². The van der Waals surface area contributed by atoms with Crippen molar-refractivity contribution in [3.8, 4) is 5.75 Å². The molecule has 1 aromatic carbocycles. The normalized spacial score (nSPS) is 10.0. The second-order valence-corrected chi connectivity index (χ2v) is 3.49. The first-order chi connectivity index (χ1) is 7.24. The Balaban J connectivity index is 2.41. The van der Waals surface area contributed by atoms with Gasteiger partial charge in [0, 0.05) is 13.0 Å². The summed E-state index contributed by atoms with van der Waals surface area (Å²) in [6, 6.07) is 6.83. The predicted molar refractivity (Wildman–Crippen MR) is 58.0 cm³/mol. The Morgan fingerprint density at radius 3 is 2.73 bits per heavy atom. The Hall–Kier alpha value is -1.06. The fourth-order valence-electron chi connectivity index (χ4n) is 1.08. The number of ether oxygens (including phenoxy) is 1. The van der Waals surface area contributed by atoms with E-state index in [9.17, 15) is 4.79 Å². The van der Waals surface area contributed by atoms with Crippen molar-refractivity contribution < 1.29 is 14.6 Å². The smallest absolute Gasteiger partial charge is 0.311 e. The summed E-state index contributed by atoms with van der Waals surface area (Å²) in [6.07, 6.45) is 1.53. The number of para-hydroxylation sites is 1. The fraction of sp³-hybridized carbons (Fsp3) is 0.364. The van der Waals surface area contributed by atoms with Gasteiger partial charge in [-0.1, -0.05) is 23.7 Å². The van der Waals surface area contributed by atoms with E-state index in [1.165, 1.54) is 0 Å². The van der Waals surface area contributed by atoms with Gasteiger partial charge in [-0.05, 0) is 25.0 Å². The second-order valence-electron chi connectivity index (χ2n) is 3.09. The van der Waals surface area contributed by atoms with Crippen LogP contribution < -0.4 is 4.74 Å². The number of aliphatic hydroxyl groups excluding tert-OH is 1. The quantitative estimate of drug-likeness (QED) is 0.478. The molecule has 0 heterocycles. The van der Waals surface area contributed by atoms with Gasteiger partial charge in [-0.3, -0.25) is 4.79 Å². The lowest BCUT2D eigenvalue weighted by atomic mass is 10.2. The molecule has 0 aromatic heterocycles. The monoisotopic (exact) mass is 228 g/mol. The van der Waals surface area contributed by atoms with Gasteiger partial charge in [0.2, 0.25) is 0 Å². The van der Waals surface area contributed by atoms with Crippen molar-refractivity contribution in [1.29, 1.82) is 0 Å². The summed E-state index contributed by atoms with van der Waals surface area (Å²) >= 11 is 5.81. The molecule has 0 radical (unpaired) electrons. The van der Waals surface area contributed by atoms with E-state index in [1.807, 2.05) is 0 Å². The van der Waals surface area contributed by atoms with Gasteiger partial charge < -0.3 is 9.84 Å². The van der Waals surface area contributed by atoms with Crippen LogP contribution in [0.3, 0.4) is 0 Å². The van der Waals surface area contributed by atoms with Crippen molar-refractivity contribution in [3.05, 3.63) is 29.3 Å². The highest BCUT2D eigenvalue weighted by atomic mass is 35.5. The number of aliphatic hydroxyl groups is 1. The van der Waals surface area contributed by atoms with E-state index in [1.54, 1.807) is 24.3 Å². The first kappa shape index (κ1) is 12.0. The SMILES string of the molecule is O=C(CCCCO)Oc1ccccc1Cl. The van der Waals surface area contributed by atoms with Crippen molar-refractivity contribution in [2.24, 2.45) is 0 Å². The van der Waals surface area contributed by atoms with Gasteiger partial charge in [0.05, 0.1) is 5.02 Å². The highest BCUT2D eigenvalue weighted by Crippen LogP contribution is 2.23. The first-order valence-corrected chi connectivity index (χ1v) is 5.18. The number of hydrogen-bond donors (Lipinski definition) is 1. The molecule has 0 bridgehead atoms. The zero-order valence-corrected chi connectivity index (χ0v) is 9.04. The zero-order valence-electron chi connectivity index (χ0n) is 8.28. The molecule has 0 aliphatic heterocycles. The van der Waals surface area contributed by atoms with Crippen LogP contribution in [0.5, 0.6) is 5.75 Å². The Morgan fingerprint density at radius 2 is 2.07 bits per heavy atom. The van der Waals surface area contributed by atoms with E-state index in [0.29, 0.717) is 30.0 Å². The van der Waals surface area contributed by atoms with Crippen LogP contribution in [0.4, 0.5) is 0 Å². The van der Waals surface area contributed by atoms with Crippen molar-refractivity contribution in [2.75, 3.05) is 6.61 Å². The molecule has 1 N–H and O–H groups in total. The van der Waals surface area contributed by atoms with Crippen LogP contribution in [0.2, 0.25) is 5.02 Å². The Labute approximate surface area is 93.6 Å². The van der Waals surface area contributed by atoms with Crippen LogP contribution >= 0.6 is 11.6 Å². The summed E-state index contributed by atoms with van der Waals surface area (Å²) in [5.74, 6) is 0.0599. The molecule has 0 fully saturated rings. The molecule has 0 aliphatic carbocycles. The number of carbonyl (C=O) groups excluding carboxylic acids is 1. The first-order valence-electron chi connectivity index (χ1n) is 4.80. The van der Waals surface area contributed by atoms with Crippen LogP contribution in [-0.2, 0) is 4.79 Å². The number of benzene rings is 1. The van der Waals surface area contributed by atoms with Crippen LogP contribution in [0.15, 0.2) is 24.3 Å². The summed E-state index contributed by atoms with van der Waals surface area (Å²) in [4.78, 5) is 11.3. The standard InChI is InChI=1S/C11H13ClO3/c12-9-5-1-2-6-10(9)15-11(14)7-3-4-8-13/h1-2,5-6,13H,3-4,7-8H2. The molecule has 1 rings (SSSR count). The van der Waals surface area contributed by atoms with Crippen molar-refractivity contribution in [1.82, 2.24) is 0 Å². The molecule has 0 spiro atoms. The van der Waals surface area contributed by atoms with Crippen molar-refractivity contribution >= 4 is 17.6 Å². The minimum Gasteiger partial charge on any atom is -0.425 e. The molecule has 4 heteroatoms. The molecule has 0 saturated carbocycles. The van der Waals surface area contributed by atoms with Gasteiger partial charge in [-0.15, -0.1) is 0 Å². The average molecular weight is 229 g/mol. The van der Waals surface area contributed by atoms with Gasteiger partial charge in [-0.25, -0.2) is 0 Å². The number of esters is 1. The van der Waals surface area contributed by atoms with E-state index < -0.39 is 0 Å². The lowest BCUT2D eigenvalue weighted by molar-refractivity contribution is -0.134. The lowest BCUT2D eigenvalue weighted by Gasteiger charge is -2.05. The highest BCUT2D eigenvalue weighted by molar-refractivity contribution is 6.32. The zero-order chi connectivity index (χ0) is 11.1. The minimum atomic E-state index is -0.323. The number of rotatable bonds is 5. The number of halogens is 1. The van der Waals surface area contributed by atoms with Gasteiger partial charge >= 0.3 is 5.97 Å². The van der Waals surface area contributed by atoms with Gasteiger partial charge in [-0.2, -0.15) is 0 Å². The van der Waals surface area contributed by atoms with Crippen molar-refractivity contribution in [3.63, 3.8) is 0 Å². The second kappa shape index (κ2) is 6.43. The Bertz CT molecular complexity index is 325. The van der Waals surface area contributed by atoms with E-state index in [2.05, 4.69) is 0 Å². The maximum absolute atomic E-state index is 11.3. The molecule has 0 saturated heterocycles. The topological polar surface area (TPSA) is 46.5 Å². The van der Waals surface area contributed by atoms with Gasteiger partial charge in [0.25, 0.3) is 0 Å². The average Bonchev–Trinajstić information content (AvgIpc) is 2.22. The maximum atomic E-state index is 11.3. The number of unbranched alkanes of at least 4 members (excludes halogenated alkanes) is 1. The molecular formula is C11H13ClO3.